The van der Waals surface area contributed by atoms with Crippen LogP contribution >= 0.6 is 0 Å². The zero-order valence-corrected chi connectivity index (χ0v) is 14.7. The zero-order valence-electron chi connectivity index (χ0n) is 14.7. The molecule has 130 valence electrons. The van der Waals surface area contributed by atoms with Gasteiger partial charge in [-0.2, -0.15) is 0 Å². The molecule has 0 fully saturated rings. The number of ether oxygens (including phenoxy) is 3. The SMILES string of the molecule is CCCCOc1cccc(NC[C@H](C)Oc2ccc(OC)cc2)c1. The third-order valence-electron chi connectivity index (χ3n) is 3.59. The van der Waals surface area contributed by atoms with Crippen LogP contribution in [0.15, 0.2) is 48.5 Å². The molecule has 2 aromatic rings. The van der Waals surface area contributed by atoms with Crippen LogP contribution in [0.4, 0.5) is 5.69 Å². The van der Waals surface area contributed by atoms with Crippen molar-refractivity contribution in [2.45, 2.75) is 32.8 Å². The first-order chi connectivity index (χ1) is 11.7. The van der Waals surface area contributed by atoms with Crippen LogP contribution in [0, 0.1) is 0 Å². The van der Waals surface area contributed by atoms with E-state index in [-0.39, 0.29) is 6.10 Å². The van der Waals surface area contributed by atoms with Gasteiger partial charge in [0.05, 0.1) is 20.3 Å². The zero-order chi connectivity index (χ0) is 17.2. The Morgan fingerprint density at radius 2 is 1.75 bits per heavy atom. The summed E-state index contributed by atoms with van der Waals surface area (Å²) < 4.78 is 16.8. The molecule has 2 aromatic carbocycles. The molecule has 0 aromatic heterocycles. The fraction of sp³-hybridized carbons (Fsp3) is 0.400. The van der Waals surface area contributed by atoms with Gasteiger partial charge >= 0.3 is 0 Å². The second-order valence-corrected chi connectivity index (χ2v) is 5.71. The molecule has 0 saturated heterocycles. The summed E-state index contributed by atoms with van der Waals surface area (Å²) in [6.07, 6.45) is 2.26. The van der Waals surface area contributed by atoms with Gasteiger partial charge < -0.3 is 19.5 Å². The third kappa shape index (κ3) is 6.03. The molecular formula is C20H27NO3. The van der Waals surface area contributed by atoms with Gasteiger partial charge in [0.1, 0.15) is 23.4 Å². The normalized spacial score (nSPS) is 11.6. The highest BCUT2D eigenvalue weighted by Gasteiger charge is 2.05. The Morgan fingerprint density at radius 3 is 2.46 bits per heavy atom. The van der Waals surface area contributed by atoms with E-state index in [4.69, 9.17) is 14.2 Å². The van der Waals surface area contributed by atoms with Gasteiger partial charge in [-0.3, -0.25) is 0 Å². The van der Waals surface area contributed by atoms with Gasteiger partial charge in [-0.25, -0.2) is 0 Å². The summed E-state index contributed by atoms with van der Waals surface area (Å²) in [5, 5.41) is 3.39. The minimum absolute atomic E-state index is 0.0445. The molecule has 1 N–H and O–H groups in total. The van der Waals surface area contributed by atoms with Crippen LogP contribution in [0.3, 0.4) is 0 Å². The van der Waals surface area contributed by atoms with Crippen LogP contribution in [-0.4, -0.2) is 26.4 Å². The third-order valence-corrected chi connectivity index (χ3v) is 3.59. The first-order valence-electron chi connectivity index (χ1n) is 8.48. The average Bonchev–Trinajstić information content (AvgIpc) is 2.61. The Kier molecular flexibility index (Phi) is 7.27. The van der Waals surface area contributed by atoms with Crippen molar-refractivity contribution in [2.24, 2.45) is 0 Å². The molecule has 2 rings (SSSR count). The molecule has 0 spiro atoms. The Morgan fingerprint density at radius 1 is 1.00 bits per heavy atom. The highest BCUT2D eigenvalue weighted by molar-refractivity contribution is 5.48. The fourth-order valence-corrected chi connectivity index (χ4v) is 2.22. The van der Waals surface area contributed by atoms with Gasteiger partial charge in [0.25, 0.3) is 0 Å². The van der Waals surface area contributed by atoms with Gasteiger partial charge in [-0.1, -0.05) is 19.4 Å². The minimum atomic E-state index is 0.0445. The van der Waals surface area contributed by atoms with E-state index in [0.29, 0.717) is 6.54 Å². The van der Waals surface area contributed by atoms with Gasteiger partial charge in [0, 0.05) is 11.8 Å². The molecule has 4 heteroatoms. The highest BCUT2D eigenvalue weighted by Crippen LogP contribution is 2.20. The topological polar surface area (TPSA) is 39.7 Å². The Labute approximate surface area is 144 Å². The lowest BCUT2D eigenvalue weighted by atomic mass is 10.2. The number of anilines is 1. The van der Waals surface area contributed by atoms with Crippen molar-refractivity contribution in [2.75, 3.05) is 25.6 Å². The summed E-state index contributed by atoms with van der Waals surface area (Å²) in [6, 6.07) is 15.7. The summed E-state index contributed by atoms with van der Waals surface area (Å²) in [6.45, 7) is 5.67. The molecule has 24 heavy (non-hydrogen) atoms. The molecule has 0 aliphatic rings. The number of hydrogen-bond acceptors (Lipinski definition) is 4. The van der Waals surface area contributed by atoms with Crippen LogP contribution in [0.5, 0.6) is 17.2 Å². The molecule has 0 heterocycles. The average molecular weight is 329 g/mol. The first-order valence-corrected chi connectivity index (χ1v) is 8.48. The quantitative estimate of drug-likeness (QED) is 0.638. The van der Waals surface area contributed by atoms with Crippen LogP contribution in [0.25, 0.3) is 0 Å². The number of unbranched alkanes of at least 4 members (excludes halogenated alkanes) is 1. The van der Waals surface area contributed by atoms with Crippen LogP contribution in [-0.2, 0) is 0 Å². The number of methoxy groups -OCH3 is 1. The molecule has 0 aliphatic carbocycles. The van der Waals surface area contributed by atoms with Gasteiger partial charge in [0.15, 0.2) is 0 Å². The molecule has 0 saturated carbocycles. The van der Waals surface area contributed by atoms with Crippen molar-refractivity contribution in [1.29, 1.82) is 0 Å². The van der Waals surface area contributed by atoms with Crippen LogP contribution in [0.2, 0.25) is 0 Å². The van der Waals surface area contributed by atoms with E-state index in [2.05, 4.69) is 12.2 Å². The van der Waals surface area contributed by atoms with Crippen molar-refractivity contribution in [3.63, 3.8) is 0 Å². The minimum Gasteiger partial charge on any atom is -0.497 e. The van der Waals surface area contributed by atoms with Crippen molar-refractivity contribution in [3.05, 3.63) is 48.5 Å². The molecule has 0 bridgehead atoms. The van der Waals surface area contributed by atoms with Crippen molar-refractivity contribution in [1.82, 2.24) is 0 Å². The van der Waals surface area contributed by atoms with Crippen molar-refractivity contribution < 1.29 is 14.2 Å². The molecule has 0 amide bonds. The second-order valence-electron chi connectivity index (χ2n) is 5.71. The Balaban J connectivity index is 1.80. The number of nitrogens with one attached hydrogen (secondary N) is 1. The highest BCUT2D eigenvalue weighted by atomic mass is 16.5. The molecule has 4 nitrogen and oxygen atoms in total. The standard InChI is InChI=1S/C20H27NO3/c1-4-5-13-23-20-8-6-7-17(14-20)21-15-16(2)24-19-11-9-18(22-3)10-12-19/h6-12,14,16,21H,4-5,13,15H2,1-3H3/t16-/m0/s1. The van der Waals surface area contributed by atoms with Gasteiger partial charge in [-0.15, -0.1) is 0 Å². The maximum Gasteiger partial charge on any atom is 0.121 e. The first kappa shape index (κ1) is 18.0. The summed E-state index contributed by atoms with van der Waals surface area (Å²) in [5.74, 6) is 2.56. The van der Waals surface area contributed by atoms with Crippen molar-refractivity contribution >= 4 is 5.69 Å². The Hall–Kier alpha value is -2.36. The molecule has 0 aliphatic heterocycles. The van der Waals surface area contributed by atoms with Gasteiger partial charge in [-0.05, 0) is 49.7 Å². The lowest BCUT2D eigenvalue weighted by molar-refractivity contribution is 0.234. The van der Waals surface area contributed by atoms with Gasteiger partial charge in [0.2, 0.25) is 0 Å². The second kappa shape index (κ2) is 9.71. The predicted octanol–water partition coefficient (Wildman–Crippen LogP) is 4.75. The van der Waals surface area contributed by atoms with E-state index in [1.165, 1.54) is 0 Å². The van der Waals surface area contributed by atoms with E-state index in [1.54, 1.807) is 7.11 Å². The molecule has 1 atom stereocenters. The van der Waals surface area contributed by atoms with Crippen LogP contribution < -0.4 is 19.5 Å². The van der Waals surface area contributed by atoms with Crippen molar-refractivity contribution in [3.8, 4) is 17.2 Å². The van der Waals surface area contributed by atoms with E-state index in [0.717, 1.165) is 42.4 Å². The maximum atomic E-state index is 5.90. The molecule has 0 radical (unpaired) electrons. The fourth-order valence-electron chi connectivity index (χ4n) is 2.22. The molecular weight excluding hydrogens is 302 g/mol. The Bertz CT molecular complexity index is 598. The van der Waals surface area contributed by atoms with Crippen LogP contribution in [0.1, 0.15) is 26.7 Å². The summed E-state index contributed by atoms with van der Waals surface area (Å²) in [5.41, 5.74) is 1.04. The lowest BCUT2D eigenvalue weighted by Crippen LogP contribution is -2.22. The smallest absolute Gasteiger partial charge is 0.121 e. The van der Waals surface area contributed by atoms with E-state index in [1.807, 2.05) is 55.5 Å². The summed E-state index contributed by atoms with van der Waals surface area (Å²) >= 11 is 0. The number of benzene rings is 2. The largest absolute Gasteiger partial charge is 0.497 e. The van der Waals surface area contributed by atoms with E-state index < -0.39 is 0 Å². The predicted molar refractivity (Wildman–Crippen MR) is 98.4 cm³/mol. The summed E-state index contributed by atoms with van der Waals surface area (Å²) in [4.78, 5) is 0. The number of hydrogen-bond donors (Lipinski definition) is 1. The summed E-state index contributed by atoms with van der Waals surface area (Å²) in [7, 11) is 1.66. The number of rotatable bonds is 10. The van der Waals surface area contributed by atoms with E-state index >= 15 is 0 Å². The monoisotopic (exact) mass is 329 g/mol. The van der Waals surface area contributed by atoms with E-state index in [9.17, 15) is 0 Å². The maximum absolute atomic E-state index is 5.90. The molecule has 0 unspecified atom stereocenters. The lowest BCUT2D eigenvalue weighted by Gasteiger charge is -2.17.